The molecule has 2 aromatic heterocycles. The largest absolute Gasteiger partial charge is 0.378 e. The summed E-state index contributed by atoms with van der Waals surface area (Å²) in [6.07, 6.45) is 2.57. The quantitative estimate of drug-likeness (QED) is 0.853. The minimum Gasteiger partial charge on any atom is -0.378 e. The Balaban J connectivity index is 1.51. The van der Waals surface area contributed by atoms with Crippen LogP contribution in [0, 0.1) is 6.92 Å². The number of nitrogens with zero attached hydrogens (tertiary/aromatic N) is 4. The Morgan fingerprint density at radius 2 is 2.08 bits per heavy atom. The molecule has 1 atom stereocenters. The van der Waals surface area contributed by atoms with Crippen molar-refractivity contribution in [2.75, 3.05) is 37.7 Å². The molecule has 0 aliphatic carbocycles. The lowest BCUT2D eigenvalue weighted by Crippen LogP contribution is -2.39. The second kappa shape index (κ2) is 7.17. The molecule has 0 bridgehead atoms. The van der Waals surface area contributed by atoms with E-state index >= 15 is 0 Å². The van der Waals surface area contributed by atoms with E-state index in [1.807, 2.05) is 13.0 Å². The minimum atomic E-state index is 0.230. The summed E-state index contributed by atoms with van der Waals surface area (Å²) < 4.78 is 5.75. The third-order valence-corrected chi connectivity index (χ3v) is 5.70. The average molecular weight is 344 g/mol. The van der Waals surface area contributed by atoms with E-state index in [9.17, 15) is 0 Å². The van der Waals surface area contributed by atoms with E-state index in [2.05, 4.69) is 32.3 Å². The highest BCUT2D eigenvalue weighted by Crippen LogP contribution is 2.31. The molecule has 4 rings (SSSR count). The lowest BCUT2D eigenvalue weighted by Gasteiger charge is -2.34. The summed E-state index contributed by atoms with van der Waals surface area (Å²) in [6.45, 7) is 7.61. The van der Waals surface area contributed by atoms with E-state index in [4.69, 9.17) is 9.72 Å². The molecule has 24 heavy (non-hydrogen) atoms. The molecule has 0 amide bonds. The number of hydrogen-bond donors (Lipinski definition) is 0. The Morgan fingerprint density at radius 1 is 1.21 bits per heavy atom. The second-order valence-corrected chi connectivity index (χ2v) is 7.42. The predicted molar refractivity (Wildman–Crippen MR) is 96.5 cm³/mol. The van der Waals surface area contributed by atoms with Gasteiger partial charge in [-0.25, -0.2) is 4.98 Å². The molecule has 0 spiro atoms. The van der Waals surface area contributed by atoms with Crippen LogP contribution in [-0.2, 0) is 11.3 Å². The summed E-state index contributed by atoms with van der Waals surface area (Å²) >= 11 is 1.77. The fourth-order valence-corrected chi connectivity index (χ4v) is 4.40. The molecule has 0 unspecified atom stereocenters. The van der Waals surface area contributed by atoms with Crippen molar-refractivity contribution in [1.82, 2.24) is 14.9 Å². The number of hydrogen-bond acceptors (Lipinski definition) is 6. The zero-order valence-electron chi connectivity index (χ0n) is 14.1. The van der Waals surface area contributed by atoms with Crippen molar-refractivity contribution in [3.8, 4) is 0 Å². The molecule has 0 aromatic carbocycles. The topological polar surface area (TPSA) is 41.5 Å². The van der Waals surface area contributed by atoms with Crippen molar-refractivity contribution >= 4 is 16.5 Å². The molecule has 2 aromatic rings. The van der Waals surface area contributed by atoms with Gasteiger partial charge in [0, 0.05) is 37.3 Å². The molecule has 6 heteroatoms. The number of anilines is 1. The van der Waals surface area contributed by atoms with Crippen molar-refractivity contribution in [3.63, 3.8) is 0 Å². The highest BCUT2D eigenvalue weighted by Gasteiger charge is 2.28. The van der Waals surface area contributed by atoms with Gasteiger partial charge in [-0.15, -0.1) is 11.3 Å². The van der Waals surface area contributed by atoms with Gasteiger partial charge in [0.25, 0.3) is 0 Å². The first-order valence-corrected chi connectivity index (χ1v) is 9.62. The van der Waals surface area contributed by atoms with Crippen LogP contribution in [0.5, 0.6) is 0 Å². The molecule has 0 saturated carbocycles. The maximum atomic E-state index is 5.75. The summed E-state index contributed by atoms with van der Waals surface area (Å²) in [7, 11) is 0. The van der Waals surface area contributed by atoms with Crippen LogP contribution >= 0.6 is 11.3 Å². The fraction of sp³-hybridized carbons (Fsp3) is 0.556. The summed E-state index contributed by atoms with van der Waals surface area (Å²) in [5.41, 5.74) is 3.34. The average Bonchev–Trinajstić information content (AvgIpc) is 3.27. The number of rotatable bonds is 4. The molecular formula is C18H24N4OS. The molecule has 5 nitrogen and oxygen atoms in total. The van der Waals surface area contributed by atoms with Gasteiger partial charge < -0.3 is 9.64 Å². The van der Waals surface area contributed by atoms with Gasteiger partial charge in [-0.1, -0.05) is 6.07 Å². The van der Waals surface area contributed by atoms with E-state index in [1.165, 1.54) is 18.0 Å². The smallest absolute Gasteiger partial charge is 0.185 e. The van der Waals surface area contributed by atoms with Gasteiger partial charge in [-0.3, -0.25) is 9.88 Å². The predicted octanol–water partition coefficient (Wildman–Crippen LogP) is 3.02. The summed E-state index contributed by atoms with van der Waals surface area (Å²) in [5, 5.41) is 3.38. The monoisotopic (exact) mass is 344 g/mol. The Hall–Kier alpha value is -1.50. The molecule has 0 N–H and O–H groups in total. The van der Waals surface area contributed by atoms with Gasteiger partial charge in [0.2, 0.25) is 0 Å². The van der Waals surface area contributed by atoms with Gasteiger partial charge in [-0.05, 0) is 31.9 Å². The van der Waals surface area contributed by atoms with Crippen LogP contribution in [-0.4, -0.2) is 47.7 Å². The van der Waals surface area contributed by atoms with E-state index in [0.29, 0.717) is 0 Å². The normalized spacial score (nSPS) is 22.2. The number of thiazole rings is 1. The van der Waals surface area contributed by atoms with Gasteiger partial charge in [0.15, 0.2) is 5.13 Å². The van der Waals surface area contributed by atoms with Crippen molar-refractivity contribution in [2.24, 2.45) is 0 Å². The molecule has 2 aliphatic rings. The standard InChI is InChI=1S/C18H24N4OS/c1-14-5-4-6-15(19-14)11-22-9-10-23-12-17(22)16-13-24-18(20-16)21-7-2-3-8-21/h4-6,13,17H,2-3,7-12H2,1H3/t17-/m1/s1. The van der Waals surface area contributed by atoms with E-state index in [0.717, 1.165) is 56.5 Å². The highest BCUT2D eigenvalue weighted by atomic mass is 32.1. The molecule has 4 heterocycles. The molecule has 2 fully saturated rings. The van der Waals surface area contributed by atoms with Crippen LogP contribution in [0.25, 0.3) is 0 Å². The summed E-state index contributed by atoms with van der Waals surface area (Å²) in [6, 6.07) is 6.47. The SMILES string of the molecule is Cc1cccc(CN2CCOC[C@@H]2c2csc(N3CCCC3)n2)n1. The van der Waals surface area contributed by atoms with Crippen LogP contribution in [0.4, 0.5) is 5.13 Å². The summed E-state index contributed by atoms with van der Waals surface area (Å²) in [5.74, 6) is 0. The van der Waals surface area contributed by atoms with Crippen molar-refractivity contribution < 1.29 is 4.74 Å². The van der Waals surface area contributed by atoms with Crippen molar-refractivity contribution in [2.45, 2.75) is 32.4 Å². The fourth-order valence-electron chi connectivity index (χ4n) is 3.48. The third kappa shape index (κ3) is 3.45. The molecule has 2 aliphatic heterocycles. The zero-order chi connectivity index (χ0) is 16.4. The van der Waals surface area contributed by atoms with Crippen LogP contribution < -0.4 is 4.90 Å². The van der Waals surface area contributed by atoms with Gasteiger partial charge in [0.1, 0.15) is 0 Å². The lowest BCUT2D eigenvalue weighted by atomic mass is 10.1. The number of morpholine rings is 1. The number of aromatic nitrogens is 2. The number of ether oxygens (including phenoxy) is 1. The summed E-state index contributed by atoms with van der Waals surface area (Å²) in [4.78, 5) is 14.4. The first kappa shape index (κ1) is 16.0. The lowest BCUT2D eigenvalue weighted by molar-refractivity contribution is -0.0145. The Labute approximate surface area is 147 Å². The van der Waals surface area contributed by atoms with Gasteiger partial charge in [-0.2, -0.15) is 0 Å². The van der Waals surface area contributed by atoms with Crippen molar-refractivity contribution in [1.29, 1.82) is 0 Å². The van der Waals surface area contributed by atoms with Crippen LogP contribution in [0.3, 0.4) is 0 Å². The molecule has 0 radical (unpaired) electrons. The number of pyridine rings is 1. The third-order valence-electron chi connectivity index (χ3n) is 4.78. The minimum absolute atomic E-state index is 0.230. The Morgan fingerprint density at radius 3 is 2.92 bits per heavy atom. The van der Waals surface area contributed by atoms with Crippen LogP contribution in [0.2, 0.25) is 0 Å². The Kier molecular flexibility index (Phi) is 4.78. The maximum absolute atomic E-state index is 5.75. The van der Waals surface area contributed by atoms with Crippen molar-refractivity contribution in [3.05, 3.63) is 40.7 Å². The van der Waals surface area contributed by atoms with E-state index in [-0.39, 0.29) is 6.04 Å². The first-order chi connectivity index (χ1) is 11.8. The second-order valence-electron chi connectivity index (χ2n) is 6.58. The van der Waals surface area contributed by atoms with Crippen LogP contribution in [0.15, 0.2) is 23.6 Å². The van der Waals surface area contributed by atoms with E-state index in [1.54, 1.807) is 11.3 Å². The number of aryl methyl sites for hydroxylation is 1. The molecule has 2 saturated heterocycles. The first-order valence-electron chi connectivity index (χ1n) is 8.74. The molecular weight excluding hydrogens is 320 g/mol. The van der Waals surface area contributed by atoms with E-state index < -0.39 is 0 Å². The zero-order valence-corrected chi connectivity index (χ0v) is 15.0. The van der Waals surface area contributed by atoms with Crippen LogP contribution in [0.1, 0.15) is 36.0 Å². The van der Waals surface area contributed by atoms with Gasteiger partial charge in [0.05, 0.1) is 30.6 Å². The molecule has 128 valence electrons. The highest BCUT2D eigenvalue weighted by molar-refractivity contribution is 7.13. The Bertz CT molecular complexity index is 683. The van der Waals surface area contributed by atoms with Gasteiger partial charge >= 0.3 is 0 Å². The maximum Gasteiger partial charge on any atom is 0.185 e.